The standard InChI is InChI=1S/C17H20F3NO2/c18-17(19,20)13-7-3-1-6-12(13)10-21-14-8-4-2-5-11(14)9-15(21)16(22)23/h1,3,6-7,11,14-15H,2,4-5,8-10H2,(H,22,23)/t11-,14-,15+/m1/s1. The van der Waals surface area contributed by atoms with Crippen molar-refractivity contribution in [2.45, 2.75) is 56.9 Å². The summed E-state index contributed by atoms with van der Waals surface area (Å²) in [6, 6.07) is 4.89. The Morgan fingerprint density at radius 1 is 1.22 bits per heavy atom. The second-order valence-electron chi connectivity index (χ2n) is 6.53. The van der Waals surface area contributed by atoms with Gasteiger partial charge in [-0.2, -0.15) is 13.2 Å². The summed E-state index contributed by atoms with van der Waals surface area (Å²) in [6.45, 7) is 0.0494. The zero-order valence-electron chi connectivity index (χ0n) is 12.7. The first kappa shape index (κ1) is 16.3. The molecule has 1 aromatic carbocycles. The summed E-state index contributed by atoms with van der Waals surface area (Å²) in [7, 11) is 0. The van der Waals surface area contributed by atoms with Crippen molar-refractivity contribution in [1.82, 2.24) is 4.90 Å². The topological polar surface area (TPSA) is 40.5 Å². The van der Waals surface area contributed by atoms with Crippen molar-refractivity contribution in [3.63, 3.8) is 0 Å². The molecule has 0 spiro atoms. The van der Waals surface area contributed by atoms with E-state index < -0.39 is 23.8 Å². The third kappa shape index (κ3) is 3.22. The second-order valence-corrected chi connectivity index (χ2v) is 6.53. The van der Waals surface area contributed by atoms with Crippen LogP contribution in [0.25, 0.3) is 0 Å². The van der Waals surface area contributed by atoms with Crippen molar-refractivity contribution in [2.24, 2.45) is 5.92 Å². The Morgan fingerprint density at radius 2 is 1.91 bits per heavy atom. The van der Waals surface area contributed by atoms with Crippen LogP contribution in [0.2, 0.25) is 0 Å². The number of halogens is 3. The van der Waals surface area contributed by atoms with Gasteiger partial charge in [0.15, 0.2) is 0 Å². The fraction of sp³-hybridized carbons (Fsp3) is 0.588. The fourth-order valence-electron chi connectivity index (χ4n) is 4.15. The van der Waals surface area contributed by atoms with Crippen LogP contribution in [0.3, 0.4) is 0 Å². The summed E-state index contributed by atoms with van der Waals surface area (Å²) in [5.41, 5.74) is -0.499. The lowest BCUT2D eigenvalue weighted by atomic mass is 9.84. The van der Waals surface area contributed by atoms with E-state index in [-0.39, 0.29) is 18.2 Å². The molecule has 3 nitrogen and oxygen atoms in total. The molecule has 2 fully saturated rings. The molecule has 1 N–H and O–H groups in total. The first-order valence-electron chi connectivity index (χ1n) is 8.01. The van der Waals surface area contributed by atoms with Gasteiger partial charge in [-0.3, -0.25) is 9.69 Å². The maximum Gasteiger partial charge on any atom is 0.416 e. The molecule has 6 heteroatoms. The van der Waals surface area contributed by atoms with Gasteiger partial charge in [0, 0.05) is 12.6 Å². The van der Waals surface area contributed by atoms with Gasteiger partial charge in [0.1, 0.15) is 6.04 Å². The van der Waals surface area contributed by atoms with Gasteiger partial charge >= 0.3 is 12.1 Å². The molecule has 0 radical (unpaired) electrons. The van der Waals surface area contributed by atoms with Crippen molar-refractivity contribution in [2.75, 3.05) is 0 Å². The van der Waals surface area contributed by atoms with E-state index >= 15 is 0 Å². The van der Waals surface area contributed by atoms with Crippen LogP contribution in [0.4, 0.5) is 13.2 Å². The van der Waals surface area contributed by atoms with Gasteiger partial charge in [0.2, 0.25) is 0 Å². The smallest absolute Gasteiger partial charge is 0.416 e. The zero-order chi connectivity index (χ0) is 16.6. The number of nitrogens with zero attached hydrogens (tertiary/aromatic N) is 1. The monoisotopic (exact) mass is 327 g/mol. The van der Waals surface area contributed by atoms with Crippen molar-refractivity contribution in [3.8, 4) is 0 Å². The van der Waals surface area contributed by atoms with E-state index in [4.69, 9.17) is 0 Å². The van der Waals surface area contributed by atoms with E-state index in [0.717, 1.165) is 31.7 Å². The number of benzene rings is 1. The minimum absolute atomic E-state index is 0.0494. The molecule has 1 saturated carbocycles. The maximum absolute atomic E-state index is 13.2. The lowest BCUT2D eigenvalue weighted by molar-refractivity contribution is -0.143. The summed E-state index contributed by atoms with van der Waals surface area (Å²) in [6.07, 6.45) is 0.0924. The highest BCUT2D eigenvalue weighted by Crippen LogP contribution is 2.41. The minimum atomic E-state index is -4.42. The number of hydrogen-bond acceptors (Lipinski definition) is 2. The molecule has 0 bridgehead atoms. The van der Waals surface area contributed by atoms with Crippen molar-refractivity contribution < 1.29 is 23.1 Å². The number of fused-ring (bicyclic) bond motifs is 1. The van der Waals surface area contributed by atoms with Gasteiger partial charge in [0.05, 0.1) is 5.56 Å². The molecule has 1 saturated heterocycles. The normalized spacial score (nSPS) is 28.6. The first-order chi connectivity index (χ1) is 10.9. The van der Waals surface area contributed by atoms with Crippen molar-refractivity contribution in [3.05, 3.63) is 35.4 Å². The molecule has 1 aliphatic carbocycles. The molecule has 2 aliphatic rings. The molecular formula is C17H20F3NO2. The Balaban J connectivity index is 1.89. The van der Waals surface area contributed by atoms with Gasteiger partial charge in [0.25, 0.3) is 0 Å². The van der Waals surface area contributed by atoms with Gasteiger partial charge in [-0.15, -0.1) is 0 Å². The molecule has 1 aromatic rings. The van der Waals surface area contributed by atoms with Gasteiger partial charge in [-0.25, -0.2) is 0 Å². The van der Waals surface area contributed by atoms with E-state index in [9.17, 15) is 23.1 Å². The quantitative estimate of drug-likeness (QED) is 0.915. The number of carbonyl (C=O) groups is 1. The van der Waals surface area contributed by atoms with Gasteiger partial charge < -0.3 is 5.11 Å². The van der Waals surface area contributed by atoms with Crippen molar-refractivity contribution in [1.29, 1.82) is 0 Å². The number of alkyl halides is 3. The molecule has 3 atom stereocenters. The lowest BCUT2D eigenvalue weighted by Crippen LogP contribution is -2.42. The molecule has 0 aromatic heterocycles. The van der Waals surface area contributed by atoms with E-state index in [0.29, 0.717) is 12.3 Å². The number of aliphatic carboxylic acids is 1. The predicted octanol–water partition coefficient (Wildman–Crippen LogP) is 3.92. The Labute approximate surface area is 133 Å². The Kier molecular flexibility index (Phi) is 4.36. The lowest BCUT2D eigenvalue weighted by Gasteiger charge is -2.33. The van der Waals surface area contributed by atoms with Gasteiger partial charge in [-0.1, -0.05) is 31.0 Å². The summed E-state index contributed by atoms with van der Waals surface area (Å²) >= 11 is 0. The molecule has 1 aliphatic heterocycles. The van der Waals surface area contributed by atoms with Crippen LogP contribution in [-0.2, 0) is 17.5 Å². The van der Waals surface area contributed by atoms with E-state index in [1.165, 1.54) is 12.1 Å². The van der Waals surface area contributed by atoms with E-state index in [1.54, 1.807) is 11.0 Å². The number of likely N-dealkylation sites (tertiary alicyclic amines) is 1. The van der Waals surface area contributed by atoms with Crippen LogP contribution in [0.1, 0.15) is 43.2 Å². The Morgan fingerprint density at radius 3 is 2.61 bits per heavy atom. The van der Waals surface area contributed by atoms with Crippen molar-refractivity contribution >= 4 is 5.97 Å². The van der Waals surface area contributed by atoms with Crippen LogP contribution in [0.15, 0.2) is 24.3 Å². The average molecular weight is 327 g/mol. The van der Waals surface area contributed by atoms with Crippen LogP contribution >= 0.6 is 0 Å². The van der Waals surface area contributed by atoms with Crippen LogP contribution in [-0.4, -0.2) is 28.1 Å². The number of hydrogen-bond donors (Lipinski definition) is 1. The fourth-order valence-corrected chi connectivity index (χ4v) is 4.15. The molecule has 126 valence electrons. The summed E-state index contributed by atoms with van der Waals surface area (Å²) < 4.78 is 39.5. The van der Waals surface area contributed by atoms with E-state index in [1.807, 2.05) is 0 Å². The third-order valence-electron chi connectivity index (χ3n) is 5.18. The van der Waals surface area contributed by atoms with Gasteiger partial charge in [-0.05, 0) is 36.8 Å². The molecular weight excluding hydrogens is 307 g/mol. The molecule has 0 amide bonds. The van der Waals surface area contributed by atoms with Crippen LogP contribution in [0.5, 0.6) is 0 Å². The largest absolute Gasteiger partial charge is 0.480 e. The SMILES string of the molecule is O=C(O)[C@@H]1C[C@H]2CCCC[C@H]2N1Cc1ccccc1C(F)(F)F. The first-order valence-corrected chi connectivity index (χ1v) is 8.01. The second kappa shape index (κ2) is 6.15. The van der Waals surface area contributed by atoms with E-state index in [2.05, 4.69) is 0 Å². The summed E-state index contributed by atoms with van der Waals surface area (Å²) in [5, 5.41) is 9.47. The highest BCUT2D eigenvalue weighted by molar-refractivity contribution is 5.74. The van der Waals surface area contributed by atoms with Crippen LogP contribution in [0, 0.1) is 5.92 Å². The molecule has 3 rings (SSSR count). The Hall–Kier alpha value is -1.56. The average Bonchev–Trinajstić information content (AvgIpc) is 2.86. The molecule has 23 heavy (non-hydrogen) atoms. The minimum Gasteiger partial charge on any atom is -0.480 e. The summed E-state index contributed by atoms with van der Waals surface area (Å²) in [5.74, 6) is -0.633. The molecule has 0 unspecified atom stereocenters. The van der Waals surface area contributed by atoms with Crippen LogP contribution < -0.4 is 0 Å². The maximum atomic E-state index is 13.2. The Bertz CT molecular complexity index is 587. The summed E-state index contributed by atoms with van der Waals surface area (Å²) in [4.78, 5) is 13.4. The number of rotatable bonds is 3. The highest BCUT2D eigenvalue weighted by atomic mass is 19.4. The number of carboxylic acids is 1. The predicted molar refractivity (Wildman–Crippen MR) is 78.8 cm³/mol. The molecule has 1 heterocycles. The number of carboxylic acid groups (broad SMARTS) is 1. The third-order valence-corrected chi connectivity index (χ3v) is 5.18. The highest BCUT2D eigenvalue weighted by Gasteiger charge is 2.45. The zero-order valence-corrected chi connectivity index (χ0v) is 12.7.